The first-order chi connectivity index (χ1) is 21.7. The fourth-order valence-corrected chi connectivity index (χ4v) is 4.58. The van der Waals surface area contributed by atoms with Crippen molar-refractivity contribution in [2.75, 3.05) is 43.1 Å². The highest BCUT2D eigenvalue weighted by Crippen LogP contribution is 2.40. The predicted molar refractivity (Wildman–Crippen MR) is 167 cm³/mol. The van der Waals surface area contributed by atoms with Crippen LogP contribution in [0.5, 0.6) is 11.6 Å². The van der Waals surface area contributed by atoms with Crippen molar-refractivity contribution >= 4 is 39.3 Å². The summed E-state index contributed by atoms with van der Waals surface area (Å²) in [5.74, 6) is 0.0172. The highest BCUT2D eigenvalue weighted by atomic mass is 79.9. The van der Waals surface area contributed by atoms with Crippen LogP contribution in [0, 0.1) is 0 Å². The van der Waals surface area contributed by atoms with E-state index in [-0.39, 0.29) is 34.4 Å². The van der Waals surface area contributed by atoms with E-state index in [1.165, 1.54) is 42.6 Å². The second-order valence-electron chi connectivity index (χ2n) is 10.3. The molecule has 0 bridgehead atoms. The fraction of sp³-hybridized carbons (Fsp3) is 0.258. The zero-order valence-electron chi connectivity index (χ0n) is 24.6. The fourth-order valence-electron chi connectivity index (χ4n) is 4.31. The summed E-state index contributed by atoms with van der Waals surface area (Å²) in [5, 5.41) is 7.28. The van der Waals surface area contributed by atoms with E-state index in [0.29, 0.717) is 23.2 Å². The van der Waals surface area contributed by atoms with E-state index in [4.69, 9.17) is 4.74 Å². The lowest BCUT2D eigenvalue weighted by Crippen LogP contribution is -2.22. The van der Waals surface area contributed by atoms with Crippen LogP contribution in [-0.4, -0.2) is 48.1 Å². The van der Waals surface area contributed by atoms with E-state index in [9.17, 15) is 31.1 Å². The number of nitrogens with one attached hydrogen (secondary N) is 3. The molecule has 0 saturated heterocycles. The number of nitrogens with zero attached hydrogens (tertiary/aromatic N) is 3. The van der Waals surface area contributed by atoms with Crippen molar-refractivity contribution in [1.82, 2.24) is 14.9 Å². The van der Waals surface area contributed by atoms with Gasteiger partial charge in [-0.2, -0.15) is 31.3 Å². The standard InChI is InChI=1S/C31H29BrF6N6O2/c1-44(2)16-4-3-14-39-28-40-15-13-27(43-28)46-22-10-12-26(25(18-22)31(36,37)38)42-29(45)41-21-9-11-23(24(17-21)30(33,34)35)19-5-7-20(32)8-6-19/h5-13,15,17-18H,3-4,14,16H2,1-2H3,(H,39,40,43)(H2,41,42,45). The summed E-state index contributed by atoms with van der Waals surface area (Å²) >= 11 is 3.23. The van der Waals surface area contributed by atoms with Gasteiger partial charge in [-0.05, 0) is 87.1 Å². The van der Waals surface area contributed by atoms with Crippen molar-refractivity contribution in [2.24, 2.45) is 0 Å². The van der Waals surface area contributed by atoms with E-state index >= 15 is 0 Å². The van der Waals surface area contributed by atoms with Crippen LogP contribution in [-0.2, 0) is 12.4 Å². The zero-order valence-corrected chi connectivity index (χ0v) is 26.1. The Bertz CT molecular complexity index is 1650. The first-order valence-corrected chi connectivity index (χ1v) is 14.6. The number of hydrogen-bond donors (Lipinski definition) is 3. The second kappa shape index (κ2) is 14.8. The number of carbonyl (C=O) groups is 1. The smallest absolute Gasteiger partial charge is 0.418 e. The summed E-state index contributed by atoms with van der Waals surface area (Å²) in [6.07, 6.45) is -6.50. The third-order valence-electron chi connectivity index (χ3n) is 6.45. The summed E-state index contributed by atoms with van der Waals surface area (Å²) in [6.45, 7) is 1.50. The van der Waals surface area contributed by atoms with E-state index in [1.807, 2.05) is 14.1 Å². The molecule has 8 nitrogen and oxygen atoms in total. The van der Waals surface area contributed by atoms with Crippen LogP contribution in [0.2, 0.25) is 0 Å². The molecular formula is C31H29BrF6N6O2. The molecule has 244 valence electrons. The van der Waals surface area contributed by atoms with E-state index in [2.05, 4.69) is 46.7 Å². The Hall–Kier alpha value is -4.37. The summed E-state index contributed by atoms with van der Waals surface area (Å²) in [6, 6.07) is 12.3. The van der Waals surface area contributed by atoms with Gasteiger partial charge in [-0.25, -0.2) is 9.78 Å². The van der Waals surface area contributed by atoms with Crippen molar-refractivity contribution < 1.29 is 35.9 Å². The first-order valence-electron chi connectivity index (χ1n) is 13.8. The van der Waals surface area contributed by atoms with Crippen molar-refractivity contribution in [3.8, 4) is 22.8 Å². The molecular weight excluding hydrogens is 682 g/mol. The number of amides is 2. The topological polar surface area (TPSA) is 91.4 Å². The minimum Gasteiger partial charge on any atom is -0.439 e. The molecule has 0 fully saturated rings. The number of halogens is 7. The number of alkyl halides is 6. The van der Waals surface area contributed by atoms with E-state index in [1.54, 1.807) is 12.1 Å². The maximum Gasteiger partial charge on any atom is 0.418 e. The van der Waals surface area contributed by atoms with Crippen molar-refractivity contribution in [3.63, 3.8) is 0 Å². The Morgan fingerprint density at radius 1 is 0.870 bits per heavy atom. The van der Waals surface area contributed by atoms with Crippen molar-refractivity contribution in [2.45, 2.75) is 25.2 Å². The Morgan fingerprint density at radius 2 is 1.59 bits per heavy atom. The van der Waals surface area contributed by atoms with Gasteiger partial charge in [-0.15, -0.1) is 0 Å². The Morgan fingerprint density at radius 3 is 2.26 bits per heavy atom. The largest absolute Gasteiger partial charge is 0.439 e. The summed E-state index contributed by atoms with van der Waals surface area (Å²) in [4.78, 5) is 23.0. The Kier molecular flexibility index (Phi) is 11.1. The minimum atomic E-state index is -4.91. The lowest BCUT2D eigenvalue weighted by atomic mass is 9.98. The number of ether oxygens (including phenoxy) is 1. The van der Waals surface area contributed by atoms with Gasteiger partial charge in [0, 0.05) is 29.0 Å². The zero-order chi connectivity index (χ0) is 33.5. The van der Waals surface area contributed by atoms with Crippen molar-refractivity contribution in [1.29, 1.82) is 0 Å². The van der Waals surface area contributed by atoms with Crippen LogP contribution in [0.15, 0.2) is 77.4 Å². The van der Waals surface area contributed by atoms with E-state index < -0.39 is 35.2 Å². The Balaban J connectivity index is 1.47. The van der Waals surface area contributed by atoms with Crippen molar-refractivity contribution in [3.05, 3.63) is 88.5 Å². The molecule has 2 amide bonds. The number of aromatic nitrogens is 2. The van der Waals surface area contributed by atoms with E-state index in [0.717, 1.165) is 25.5 Å². The maximum atomic E-state index is 14.0. The average Bonchev–Trinajstić information content (AvgIpc) is 2.97. The molecule has 3 N–H and O–H groups in total. The van der Waals surface area contributed by atoms with Gasteiger partial charge in [-0.1, -0.05) is 34.1 Å². The molecule has 3 aromatic carbocycles. The van der Waals surface area contributed by atoms with Crippen LogP contribution >= 0.6 is 15.9 Å². The quantitative estimate of drug-likeness (QED) is 0.106. The highest BCUT2D eigenvalue weighted by Gasteiger charge is 2.36. The van der Waals surface area contributed by atoms with Crippen LogP contribution in [0.4, 0.5) is 48.5 Å². The van der Waals surface area contributed by atoms with Gasteiger partial charge < -0.3 is 25.6 Å². The monoisotopic (exact) mass is 710 g/mol. The molecule has 15 heteroatoms. The SMILES string of the molecule is CN(C)CCCCNc1nccc(Oc2ccc(NC(=O)Nc3ccc(-c4ccc(Br)cc4)c(C(F)(F)F)c3)c(C(F)(F)F)c2)n1. The molecule has 0 spiro atoms. The predicted octanol–water partition coefficient (Wildman–Crippen LogP) is 9.13. The molecule has 1 aromatic heterocycles. The molecule has 0 aliphatic rings. The third-order valence-corrected chi connectivity index (χ3v) is 6.98. The normalized spacial score (nSPS) is 11.8. The molecule has 0 aliphatic carbocycles. The molecule has 4 aromatic rings. The molecule has 0 radical (unpaired) electrons. The van der Waals surface area contributed by atoms with Crippen LogP contribution < -0.4 is 20.7 Å². The van der Waals surface area contributed by atoms with Gasteiger partial charge in [0.25, 0.3) is 0 Å². The lowest BCUT2D eigenvalue weighted by molar-refractivity contribution is -0.137. The number of anilines is 3. The molecule has 0 atom stereocenters. The number of rotatable bonds is 11. The average molecular weight is 712 g/mol. The van der Waals surface area contributed by atoms with Gasteiger partial charge in [0.05, 0.1) is 16.8 Å². The molecule has 0 aliphatic heterocycles. The van der Waals surface area contributed by atoms with Gasteiger partial charge in [-0.3, -0.25) is 0 Å². The van der Waals surface area contributed by atoms with Crippen LogP contribution in [0.1, 0.15) is 24.0 Å². The Labute approximate surface area is 269 Å². The molecule has 1 heterocycles. The van der Waals surface area contributed by atoms with Crippen LogP contribution in [0.25, 0.3) is 11.1 Å². The second-order valence-corrected chi connectivity index (χ2v) is 11.2. The van der Waals surface area contributed by atoms with Crippen LogP contribution in [0.3, 0.4) is 0 Å². The molecule has 4 rings (SSSR count). The van der Waals surface area contributed by atoms with Gasteiger partial charge in [0.1, 0.15) is 5.75 Å². The maximum absolute atomic E-state index is 14.0. The first kappa shape index (κ1) is 34.5. The third kappa shape index (κ3) is 9.81. The molecule has 46 heavy (non-hydrogen) atoms. The van der Waals surface area contributed by atoms with Gasteiger partial charge >= 0.3 is 18.4 Å². The number of carbonyl (C=O) groups excluding carboxylic acids is 1. The van der Waals surface area contributed by atoms with Gasteiger partial charge in [0.15, 0.2) is 0 Å². The number of urea groups is 1. The molecule has 0 saturated carbocycles. The molecule has 0 unspecified atom stereocenters. The number of benzene rings is 3. The summed E-state index contributed by atoms with van der Waals surface area (Å²) < 4.78 is 89.8. The summed E-state index contributed by atoms with van der Waals surface area (Å²) in [7, 11) is 3.95. The number of unbranched alkanes of at least 4 members (excludes halogenated alkanes) is 1. The van der Waals surface area contributed by atoms with Gasteiger partial charge in [0.2, 0.25) is 11.8 Å². The summed E-state index contributed by atoms with van der Waals surface area (Å²) in [5.41, 5.74) is -3.03. The highest BCUT2D eigenvalue weighted by molar-refractivity contribution is 9.10. The number of hydrogen-bond acceptors (Lipinski definition) is 6. The lowest BCUT2D eigenvalue weighted by Gasteiger charge is -2.17. The minimum absolute atomic E-state index is 0.00980.